The molecule has 0 atom stereocenters. The summed E-state index contributed by atoms with van der Waals surface area (Å²) in [6.45, 7) is 2.82. The number of carbonyl (C=O) groups excluding carboxylic acids is 1. The lowest BCUT2D eigenvalue weighted by Gasteiger charge is -2.34. The highest BCUT2D eigenvalue weighted by Gasteiger charge is 2.30. The average Bonchev–Trinajstić information content (AvgIpc) is 2.95. The Morgan fingerprint density at radius 3 is 2.54 bits per heavy atom. The molecule has 130 valence electrons. The van der Waals surface area contributed by atoms with Crippen LogP contribution in [-0.4, -0.2) is 58.0 Å². The molecule has 2 heterocycles. The number of imidazole rings is 1. The predicted octanol–water partition coefficient (Wildman–Crippen LogP) is 2.55. The fraction of sp³-hybridized carbons (Fsp3) is 0.500. The fourth-order valence-electron chi connectivity index (χ4n) is 2.85. The SMILES string of the molecule is O=C(CCC(F)(F)F)N1CCN(Cc2nc3ccccc3[nH]2)CC1. The molecule has 1 aliphatic rings. The first kappa shape index (κ1) is 16.8. The van der Waals surface area contributed by atoms with Gasteiger partial charge < -0.3 is 9.88 Å². The molecule has 2 aromatic rings. The monoisotopic (exact) mass is 340 g/mol. The summed E-state index contributed by atoms with van der Waals surface area (Å²) in [5.74, 6) is 0.434. The number of rotatable bonds is 4. The maximum atomic E-state index is 12.2. The Labute approximate surface area is 137 Å². The summed E-state index contributed by atoms with van der Waals surface area (Å²) in [6, 6.07) is 7.77. The molecule has 0 saturated carbocycles. The van der Waals surface area contributed by atoms with E-state index in [-0.39, 0.29) is 0 Å². The fourth-order valence-corrected chi connectivity index (χ4v) is 2.85. The van der Waals surface area contributed by atoms with Gasteiger partial charge in [-0.25, -0.2) is 4.98 Å². The summed E-state index contributed by atoms with van der Waals surface area (Å²) in [4.78, 5) is 23.2. The van der Waals surface area contributed by atoms with Gasteiger partial charge in [-0.3, -0.25) is 9.69 Å². The first-order chi connectivity index (χ1) is 11.4. The standard InChI is InChI=1S/C16H19F3N4O/c17-16(18,19)6-5-15(24)23-9-7-22(8-10-23)11-14-20-12-3-1-2-4-13(12)21-14/h1-4H,5-11H2,(H,20,21). The topological polar surface area (TPSA) is 52.2 Å². The van der Waals surface area contributed by atoms with Crippen molar-refractivity contribution in [2.45, 2.75) is 25.6 Å². The number of nitrogens with one attached hydrogen (secondary N) is 1. The zero-order chi connectivity index (χ0) is 17.2. The zero-order valence-corrected chi connectivity index (χ0v) is 13.1. The zero-order valence-electron chi connectivity index (χ0n) is 13.1. The van der Waals surface area contributed by atoms with Gasteiger partial charge in [0.25, 0.3) is 0 Å². The summed E-state index contributed by atoms with van der Waals surface area (Å²) in [5, 5.41) is 0. The predicted molar refractivity (Wildman–Crippen MR) is 83.2 cm³/mol. The van der Waals surface area contributed by atoms with Gasteiger partial charge in [0, 0.05) is 32.6 Å². The summed E-state index contributed by atoms with van der Waals surface area (Å²) in [6.07, 6.45) is -5.79. The third-order valence-corrected chi connectivity index (χ3v) is 4.16. The quantitative estimate of drug-likeness (QED) is 0.931. The van der Waals surface area contributed by atoms with Gasteiger partial charge in [-0.05, 0) is 12.1 Å². The molecule has 0 aliphatic carbocycles. The number of aromatic nitrogens is 2. The molecule has 0 unspecified atom stereocenters. The number of aromatic amines is 1. The van der Waals surface area contributed by atoms with E-state index in [0.29, 0.717) is 32.7 Å². The van der Waals surface area contributed by atoms with E-state index < -0.39 is 24.9 Å². The lowest BCUT2D eigenvalue weighted by Crippen LogP contribution is -2.48. The lowest BCUT2D eigenvalue weighted by atomic mass is 10.2. The van der Waals surface area contributed by atoms with E-state index in [1.165, 1.54) is 4.90 Å². The van der Waals surface area contributed by atoms with Gasteiger partial charge in [-0.15, -0.1) is 0 Å². The van der Waals surface area contributed by atoms with E-state index in [1.54, 1.807) is 0 Å². The Hall–Kier alpha value is -2.09. The van der Waals surface area contributed by atoms with E-state index in [9.17, 15) is 18.0 Å². The molecular formula is C16H19F3N4O. The van der Waals surface area contributed by atoms with E-state index in [1.807, 2.05) is 24.3 Å². The minimum atomic E-state index is -4.28. The molecule has 0 radical (unpaired) electrons. The molecule has 24 heavy (non-hydrogen) atoms. The number of alkyl halides is 3. The number of H-pyrrole nitrogens is 1. The van der Waals surface area contributed by atoms with E-state index in [0.717, 1.165) is 16.9 Å². The second-order valence-electron chi connectivity index (χ2n) is 5.97. The van der Waals surface area contributed by atoms with Crippen LogP contribution in [0.3, 0.4) is 0 Å². The van der Waals surface area contributed by atoms with Crippen LogP contribution < -0.4 is 0 Å². The van der Waals surface area contributed by atoms with Crippen LogP contribution in [0.25, 0.3) is 11.0 Å². The first-order valence-electron chi connectivity index (χ1n) is 7.91. The van der Waals surface area contributed by atoms with Crippen molar-refractivity contribution in [3.8, 4) is 0 Å². The van der Waals surface area contributed by atoms with E-state index in [2.05, 4.69) is 14.9 Å². The molecule has 1 aromatic heterocycles. The van der Waals surface area contributed by atoms with Crippen molar-refractivity contribution >= 4 is 16.9 Å². The van der Waals surface area contributed by atoms with Crippen LogP contribution in [0.5, 0.6) is 0 Å². The normalized spacial score (nSPS) is 16.7. The van der Waals surface area contributed by atoms with Gasteiger partial charge in [0.2, 0.25) is 5.91 Å². The van der Waals surface area contributed by atoms with Crippen LogP contribution in [0.4, 0.5) is 13.2 Å². The maximum absolute atomic E-state index is 12.2. The summed E-state index contributed by atoms with van der Waals surface area (Å²) in [5.41, 5.74) is 1.89. The van der Waals surface area contributed by atoms with Crippen LogP contribution in [0.15, 0.2) is 24.3 Å². The average molecular weight is 340 g/mol. The summed E-state index contributed by atoms with van der Waals surface area (Å²) < 4.78 is 36.6. The van der Waals surface area contributed by atoms with Gasteiger partial charge in [-0.1, -0.05) is 12.1 Å². The molecular weight excluding hydrogens is 321 g/mol. The maximum Gasteiger partial charge on any atom is 0.389 e. The molecule has 3 rings (SSSR count). The van der Waals surface area contributed by atoms with Crippen molar-refractivity contribution in [2.75, 3.05) is 26.2 Å². The van der Waals surface area contributed by atoms with Gasteiger partial charge in [0.15, 0.2) is 0 Å². The third kappa shape index (κ3) is 4.25. The van der Waals surface area contributed by atoms with Crippen molar-refractivity contribution in [1.29, 1.82) is 0 Å². The van der Waals surface area contributed by atoms with Crippen molar-refractivity contribution in [3.63, 3.8) is 0 Å². The van der Waals surface area contributed by atoms with Gasteiger partial charge in [0.05, 0.1) is 24.0 Å². The number of halogens is 3. The molecule has 5 nitrogen and oxygen atoms in total. The molecule has 1 aliphatic heterocycles. The Morgan fingerprint density at radius 2 is 1.88 bits per heavy atom. The highest BCUT2D eigenvalue weighted by Crippen LogP contribution is 2.22. The Morgan fingerprint density at radius 1 is 1.17 bits per heavy atom. The minimum Gasteiger partial charge on any atom is -0.341 e. The van der Waals surface area contributed by atoms with Crippen molar-refractivity contribution < 1.29 is 18.0 Å². The smallest absolute Gasteiger partial charge is 0.341 e. The molecule has 1 N–H and O–H groups in total. The molecule has 1 fully saturated rings. The first-order valence-corrected chi connectivity index (χ1v) is 7.91. The number of carbonyl (C=O) groups is 1. The molecule has 8 heteroatoms. The second-order valence-corrected chi connectivity index (χ2v) is 5.97. The molecule has 1 saturated heterocycles. The Kier molecular flexibility index (Phi) is 4.75. The van der Waals surface area contributed by atoms with Gasteiger partial charge in [-0.2, -0.15) is 13.2 Å². The Balaban J connectivity index is 1.49. The minimum absolute atomic E-state index is 0.421. The highest BCUT2D eigenvalue weighted by atomic mass is 19.4. The van der Waals surface area contributed by atoms with Crippen LogP contribution in [0, 0.1) is 0 Å². The Bertz CT molecular complexity index is 672. The van der Waals surface area contributed by atoms with E-state index >= 15 is 0 Å². The number of piperazine rings is 1. The second kappa shape index (κ2) is 6.80. The summed E-state index contributed by atoms with van der Waals surface area (Å²) in [7, 11) is 0. The largest absolute Gasteiger partial charge is 0.389 e. The molecule has 0 spiro atoms. The van der Waals surface area contributed by atoms with Crippen LogP contribution in [0.2, 0.25) is 0 Å². The van der Waals surface area contributed by atoms with Gasteiger partial charge in [0.1, 0.15) is 5.82 Å². The van der Waals surface area contributed by atoms with Crippen LogP contribution >= 0.6 is 0 Å². The van der Waals surface area contributed by atoms with Crippen molar-refractivity contribution in [2.24, 2.45) is 0 Å². The third-order valence-electron chi connectivity index (χ3n) is 4.16. The molecule has 1 amide bonds. The number of nitrogens with zero attached hydrogens (tertiary/aromatic N) is 3. The van der Waals surface area contributed by atoms with E-state index in [4.69, 9.17) is 0 Å². The number of fused-ring (bicyclic) bond motifs is 1. The highest BCUT2D eigenvalue weighted by molar-refractivity contribution is 5.76. The number of para-hydroxylation sites is 2. The lowest BCUT2D eigenvalue weighted by molar-refractivity contribution is -0.150. The van der Waals surface area contributed by atoms with Crippen molar-refractivity contribution in [3.05, 3.63) is 30.1 Å². The number of hydrogen-bond donors (Lipinski definition) is 1. The summed E-state index contributed by atoms with van der Waals surface area (Å²) >= 11 is 0. The van der Waals surface area contributed by atoms with Gasteiger partial charge >= 0.3 is 6.18 Å². The molecule has 0 bridgehead atoms. The van der Waals surface area contributed by atoms with Crippen LogP contribution in [0.1, 0.15) is 18.7 Å². The number of hydrogen-bond acceptors (Lipinski definition) is 3. The molecule has 1 aromatic carbocycles. The van der Waals surface area contributed by atoms with Crippen molar-refractivity contribution in [1.82, 2.24) is 19.8 Å². The van der Waals surface area contributed by atoms with Crippen LogP contribution in [-0.2, 0) is 11.3 Å². The number of benzene rings is 1. The number of amides is 1.